The van der Waals surface area contributed by atoms with Crippen LogP contribution in [0.15, 0.2) is 65.6 Å². The number of hydrogen-bond acceptors (Lipinski definition) is 7. The van der Waals surface area contributed by atoms with Crippen LogP contribution in [0.25, 0.3) is 5.76 Å². The fourth-order valence-corrected chi connectivity index (χ4v) is 3.39. The van der Waals surface area contributed by atoms with Gasteiger partial charge in [0, 0.05) is 5.56 Å². The van der Waals surface area contributed by atoms with Crippen LogP contribution in [0.3, 0.4) is 0 Å². The van der Waals surface area contributed by atoms with E-state index >= 15 is 0 Å². The fourth-order valence-electron chi connectivity index (χ4n) is 3.39. The lowest BCUT2D eigenvalue weighted by molar-refractivity contribution is -0.138. The number of ether oxygens (including phenoxy) is 4. The van der Waals surface area contributed by atoms with E-state index in [0.717, 1.165) is 0 Å². The molecule has 1 heterocycles. The van der Waals surface area contributed by atoms with Crippen molar-refractivity contribution >= 4 is 11.7 Å². The molecule has 1 aliphatic rings. The average molecular weight is 420 g/mol. The molecule has 0 fully saturated rings. The second-order valence-electron chi connectivity index (χ2n) is 6.62. The number of allylic oxidation sites excluding steroid dienone is 1. The lowest BCUT2D eigenvalue weighted by atomic mass is 9.82. The van der Waals surface area contributed by atoms with Gasteiger partial charge in [0.25, 0.3) is 0 Å². The summed E-state index contributed by atoms with van der Waals surface area (Å²) in [5.74, 6) is 0.211. The zero-order chi connectivity index (χ0) is 22.4. The Labute approximate surface area is 181 Å². The maximum atomic E-state index is 13.0. The number of nitrogens with two attached hydrogens (primary N) is 1. The van der Waals surface area contributed by atoms with E-state index in [0.29, 0.717) is 29.2 Å². The first kappa shape index (κ1) is 21.8. The molecule has 1 aliphatic heterocycles. The molecule has 0 bridgehead atoms. The van der Waals surface area contributed by atoms with E-state index in [1.165, 1.54) is 0 Å². The van der Waals surface area contributed by atoms with Gasteiger partial charge in [-0.05, 0) is 55.8 Å². The predicted molar refractivity (Wildman–Crippen MR) is 115 cm³/mol. The molecule has 7 nitrogen and oxygen atoms in total. The minimum atomic E-state index is -0.745. The van der Waals surface area contributed by atoms with Gasteiger partial charge in [-0.3, -0.25) is 0 Å². The second kappa shape index (κ2) is 9.72. The number of carbonyl (C=O) groups excluding carboxylic acids is 1. The highest BCUT2D eigenvalue weighted by molar-refractivity contribution is 5.99. The maximum Gasteiger partial charge on any atom is 0.338 e. The van der Waals surface area contributed by atoms with Gasteiger partial charge in [-0.15, -0.1) is 0 Å². The summed E-state index contributed by atoms with van der Waals surface area (Å²) in [7, 11) is 1.57. The lowest BCUT2D eigenvalue weighted by Crippen LogP contribution is -2.25. The van der Waals surface area contributed by atoms with Crippen molar-refractivity contribution in [2.45, 2.75) is 19.8 Å². The van der Waals surface area contributed by atoms with Crippen molar-refractivity contribution < 1.29 is 23.7 Å². The summed E-state index contributed by atoms with van der Waals surface area (Å²) in [4.78, 5) is 13.0. The van der Waals surface area contributed by atoms with Gasteiger partial charge in [-0.2, -0.15) is 5.26 Å². The molecule has 0 radical (unpaired) electrons. The van der Waals surface area contributed by atoms with Crippen molar-refractivity contribution in [1.82, 2.24) is 0 Å². The van der Waals surface area contributed by atoms with Gasteiger partial charge < -0.3 is 24.7 Å². The largest absolute Gasteiger partial charge is 0.497 e. The van der Waals surface area contributed by atoms with Gasteiger partial charge in [-0.25, -0.2) is 4.79 Å². The molecule has 7 heteroatoms. The molecule has 160 valence electrons. The molecule has 1 atom stereocenters. The number of methoxy groups -OCH3 is 1. The molecule has 0 saturated carbocycles. The summed E-state index contributed by atoms with van der Waals surface area (Å²) in [5, 5.41) is 9.80. The smallest absolute Gasteiger partial charge is 0.338 e. The number of esters is 1. The highest BCUT2D eigenvalue weighted by Gasteiger charge is 2.38. The molecule has 0 aliphatic carbocycles. The molecular formula is C24H24N2O5. The SMILES string of the molecule is CCOC(=O)C1=C(c2ccc(OC)cc2)OC(N)=C(C#N)C1c1ccc(OCC)cc1. The molecule has 0 spiro atoms. The summed E-state index contributed by atoms with van der Waals surface area (Å²) >= 11 is 0. The van der Waals surface area contributed by atoms with Crippen molar-refractivity contribution in [3.63, 3.8) is 0 Å². The van der Waals surface area contributed by atoms with Crippen molar-refractivity contribution in [1.29, 1.82) is 5.26 Å². The van der Waals surface area contributed by atoms with Crippen molar-refractivity contribution in [2.24, 2.45) is 5.73 Å². The monoisotopic (exact) mass is 420 g/mol. The number of rotatable bonds is 7. The molecule has 0 aromatic heterocycles. The van der Waals surface area contributed by atoms with E-state index in [-0.39, 0.29) is 29.4 Å². The van der Waals surface area contributed by atoms with Crippen LogP contribution >= 0.6 is 0 Å². The van der Waals surface area contributed by atoms with Crippen LogP contribution in [-0.4, -0.2) is 26.3 Å². The predicted octanol–water partition coefficient (Wildman–Crippen LogP) is 3.88. The van der Waals surface area contributed by atoms with Crippen LogP contribution in [0.5, 0.6) is 11.5 Å². The molecule has 2 aromatic rings. The van der Waals surface area contributed by atoms with Crippen LogP contribution in [0.2, 0.25) is 0 Å². The van der Waals surface area contributed by atoms with E-state index in [4.69, 9.17) is 24.7 Å². The maximum absolute atomic E-state index is 13.0. The normalized spacial score (nSPS) is 15.7. The van der Waals surface area contributed by atoms with Gasteiger partial charge in [0.1, 0.15) is 28.9 Å². The molecule has 31 heavy (non-hydrogen) atoms. The first-order valence-corrected chi connectivity index (χ1v) is 9.90. The summed E-state index contributed by atoms with van der Waals surface area (Å²) in [5.41, 5.74) is 7.77. The van der Waals surface area contributed by atoms with E-state index < -0.39 is 11.9 Å². The van der Waals surface area contributed by atoms with Gasteiger partial charge in [0.2, 0.25) is 5.88 Å². The first-order chi connectivity index (χ1) is 15.0. The van der Waals surface area contributed by atoms with Crippen LogP contribution < -0.4 is 15.2 Å². The van der Waals surface area contributed by atoms with E-state index in [1.807, 2.05) is 6.92 Å². The first-order valence-electron chi connectivity index (χ1n) is 9.90. The Morgan fingerprint density at radius 2 is 1.71 bits per heavy atom. The molecule has 1 unspecified atom stereocenters. The zero-order valence-corrected chi connectivity index (χ0v) is 17.7. The molecular weight excluding hydrogens is 396 g/mol. The van der Waals surface area contributed by atoms with Gasteiger partial charge in [0.05, 0.1) is 31.8 Å². The van der Waals surface area contributed by atoms with Crippen molar-refractivity contribution in [3.05, 3.63) is 76.7 Å². The van der Waals surface area contributed by atoms with E-state index in [1.54, 1.807) is 62.6 Å². The molecule has 3 rings (SSSR count). The van der Waals surface area contributed by atoms with Crippen LogP contribution in [0.1, 0.15) is 30.9 Å². The van der Waals surface area contributed by atoms with Crippen LogP contribution in [0.4, 0.5) is 0 Å². The molecule has 0 saturated heterocycles. The topological polar surface area (TPSA) is 104 Å². The summed E-state index contributed by atoms with van der Waals surface area (Å²) in [6.45, 7) is 4.32. The summed E-state index contributed by atoms with van der Waals surface area (Å²) in [6.07, 6.45) is 0. The number of nitrogens with zero attached hydrogens (tertiary/aromatic N) is 1. The highest BCUT2D eigenvalue weighted by atomic mass is 16.5. The number of nitriles is 1. The number of carbonyl (C=O) groups is 1. The quantitative estimate of drug-likeness (QED) is 0.678. The van der Waals surface area contributed by atoms with Crippen molar-refractivity contribution in [2.75, 3.05) is 20.3 Å². The Morgan fingerprint density at radius 3 is 2.26 bits per heavy atom. The van der Waals surface area contributed by atoms with E-state index in [9.17, 15) is 10.1 Å². The average Bonchev–Trinajstić information content (AvgIpc) is 2.79. The standard InChI is InChI=1S/C24H24N2O5/c1-4-29-18-12-6-15(7-13-18)20-19(14-25)23(26)31-22(21(20)24(27)30-5-2)16-8-10-17(28-3)11-9-16/h6-13,20H,4-5,26H2,1-3H3. The molecule has 2 aromatic carbocycles. The minimum Gasteiger partial charge on any atom is -0.497 e. The Morgan fingerprint density at radius 1 is 1.06 bits per heavy atom. The molecule has 2 N–H and O–H groups in total. The lowest BCUT2D eigenvalue weighted by Gasteiger charge is -2.28. The number of benzene rings is 2. The Kier molecular flexibility index (Phi) is 6.83. The minimum absolute atomic E-state index is 0.0553. The van der Waals surface area contributed by atoms with Gasteiger partial charge >= 0.3 is 5.97 Å². The third-order valence-corrected chi connectivity index (χ3v) is 4.79. The fraction of sp³-hybridized carbons (Fsp3) is 0.250. The number of hydrogen-bond donors (Lipinski definition) is 1. The summed E-state index contributed by atoms with van der Waals surface area (Å²) in [6, 6.07) is 16.3. The second-order valence-corrected chi connectivity index (χ2v) is 6.62. The Bertz CT molecular complexity index is 1050. The zero-order valence-electron chi connectivity index (χ0n) is 17.7. The Hall–Kier alpha value is -3.92. The highest BCUT2D eigenvalue weighted by Crippen LogP contribution is 2.43. The summed E-state index contributed by atoms with van der Waals surface area (Å²) < 4.78 is 21.8. The van der Waals surface area contributed by atoms with Crippen LogP contribution in [0, 0.1) is 11.3 Å². The van der Waals surface area contributed by atoms with Gasteiger partial charge in [-0.1, -0.05) is 12.1 Å². The third kappa shape index (κ3) is 4.48. The van der Waals surface area contributed by atoms with Gasteiger partial charge in [0.15, 0.2) is 0 Å². The van der Waals surface area contributed by atoms with Crippen LogP contribution in [-0.2, 0) is 14.3 Å². The van der Waals surface area contributed by atoms with E-state index in [2.05, 4.69) is 6.07 Å². The molecule has 0 amide bonds. The third-order valence-electron chi connectivity index (χ3n) is 4.79. The Balaban J connectivity index is 2.20. The van der Waals surface area contributed by atoms with Crippen molar-refractivity contribution in [3.8, 4) is 17.6 Å².